The second-order valence-electron chi connectivity index (χ2n) is 4.34. The van der Waals surface area contributed by atoms with Gasteiger partial charge < -0.3 is 10.2 Å². The topological polar surface area (TPSA) is 32.3 Å². The minimum Gasteiger partial charge on any atom is -0.376 e. The zero-order valence-corrected chi connectivity index (χ0v) is 9.84. The highest BCUT2D eigenvalue weighted by atomic mass is 19.2. The molecule has 0 saturated heterocycles. The summed E-state index contributed by atoms with van der Waals surface area (Å²) in [5.74, 6) is -4.23. The molecule has 0 spiro atoms. The normalized spacial score (nSPS) is 14.4. The second-order valence-corrected chi connectivity index (χ2v) is 4.34. The molecule has 0 bridgehead atoms. The van der Waals surface area contributed by atoms with Gasteiger partial charge in [-0.25, -0.2) is 13.2 Å². The van der Waals surface area contributed by atoms with Gasteiger partial charge in [0.05, 0.1) is 6.54 Å². The lowest BCUT2D eigenvalue weighted by atomic mass is 10.3. The van der Waals surface area contributed by atoms with Crippen molar-refractivity contribution in [3.8, 4) is 0 Å². The number of carbonyl (C=O) groups is 1. The number of rotatable bonds is 4. The van der Waals surface area contributed by atoms with Crippen LogP contribution in [0.5, 0.6) is 0 Å². The fourth-order valence-corrected chi connectivity index (χ4v) is 1.63. The van der Waals surface area contributed by atoms with Crippen molar-refractivity contribution in [2.45, 2.75) is 18.9 Å². The van der Waals surface area contributed by atoms with Gasteiger partial charge in [-0.05, 0) is 12.8 Å². The lowest BCUT2D eigenvalue weighted by Crippen LogP contribution is -2.33. The molecular weight excluding hydrogens is 245 g/mol. The fraction of sp³-hybridized carbons (Fsp3) is 0.417. The van der Waals surface area contributed by atoms with E-state index in [4.69, 9.17) is 0 Å². The summed E-state index contributed by atoms with van der Waals surface area (Å²) < 4.78 is 38.5. The van der Waals surface area contributed by atoms with Gasteiger partial charge in [-0.1, -0.05) is 0 Å². The van der Waals surface area contributed by atoms with Crippen LogP contribution in [-0.4, -0.2) is 30.4 Å². The maximum atomic E-state index is 12.9. The Hall–Kier alpha value is -1.72. The van der Waals surface area contributed by atoms with E-state index in [1.807, 2.05) is 0 Å². The SMILES string of the molecule is CN(C(=O)CNc1cc(F)c(F)c(F)c1)C1CC1. The monoisotopic (exact) mass is 258 g/mol. The smallest absolute Gasteiger partial charge is 0.241 e. The predicted octanol–water partition coefficient (Wildman–Crippen LogP) is 2.14. The van der Waals surface area contributed by atoms with Gasteiger partial charge in [-0.3, -0.25) is 4.79 Å². The van der Waals surface area contributed by atoms with E-state index in [-0.39, 0.29) is 24.2 Å². The molecule has 1 amide bonds. The summed E-state index contributed by atoms with van der Waals surface area (Å²) in [5, 5.41) is 2.58. The van der Waals surface area contributed by atoms with Gasteiger partial charge in [0.25, 0.3) is 0 Å². The Morgan fingerprint density at radius 3 is 2.39 bits per heavy atom. The highest BCUT2D eigenvalue weighted by Crippen LogP contribution is 2.25. The molecule has 98 valence electrons. The molecule has 1 aromatic carbocycles. The molecule has 2 rings (SSSR count). The first-order chi connectivity index (χ1) is 8.49. The van der Waals surface area contributed by atoms with Crippen LogP contribution in [0.4, 0.5) is 18.9 Å². The van der Waals surface area contributed by atoms with E-state index in [0.717, 1.165) is 25.0 Å². The van der Waals surface area contributed by atoms with Crippen molar-refractivity contribution in [2.75, 3.05) is 18.9 Å². The maximum absolute atomic E-state index is 12.9. The summed E-state index contributed by atoms with van der Waals surface area (Å²) in [6.07, 6.45) is 1.98. The first kappa shape index (κ1) is 12.7. The summed E-state index contributed by atoms with van der Waals surface area (Å²) in [6.45, 7) is -0.0719. The van der Waals surface area contributed by atoms with Crippen molar-refractivity contribution >= 4 is 11.6 Å². The maximum Gasteiger partial charge on any atom is 0.241 e. The molecule has 6 heteroatoms. The number of likely N-dealkylation sites (N-methyl/N-ethyl adjacent to an activating group) is 1. The number of nitrogens with zero attached hydrogens (tertiary/aromatic N) is 1. The third-order valence-corrected chi connectivity index (χ3v) is 2.92. The summed E-state index contributed by atoms with van der Waals surface area (Å²) in [7, 11) is 1.69. The molecule has 1 fully saturated rings. The van der Waals surface area contributed by atoms with Gasteiger partial charge in [-0.2, -0.15) is 0 Å². The highest BCUT2D eigenvalue weighted by Gasteiger charge is 2.29. The van der Waals surface area contributed by atoms with E-state index in [1.165, 1.54) is 0 Å². The zero-order chi connectivity index (χ0) is 13.3. The van der Waals surface area contributed by atoms with Gasteiger partial charge in [0.1, 0.15) is 0 Å². The van der Waals surface area contributed by atoms with Gasteiger partial charge in [0.2, 0.25) is 5.91 Å². The number of hydrogen-bond acceptors (Lipinski definition) is 2. The summed E-state index contributed by atoms with van der Waals surface area (Å²) in [5.41, 5.74) is 0.0453. The van der Waals surface area contributed by atoms with Crippen molar-refractivity contribution in [1.29, 1.82) is 0 Å². The molecule has 0 aromatic heterocycles. The summed E-state index contributed by atoms with van der Waals surface area (Å²) in [4.78, 5) is 13.2. The molecule has 0 unspecified atom stereocenters. The van der Waals surface area contributed by atoms with E-state index in [9.17, 15) is 18.0 Å². The lowest BCUT2D eigenvalue weighted by molar-refractivity contribution is -0.128. The van der Waals surface area contributed by atoms with Crippen LogP contribution in [0.2, 0.25) is 0 Å². The van der Waals surface area contributed by atoms with Crippen molar-refractivity contribution in [3.05, 3.63) is 29.6 Å². The molecule has 18 heavy (non-hydrogen) atoms. The minimum absolute atomic E-state index is 0.0453. The number of halogens is 3. The van der Waals surface area contributed by atoms with E-state index < -0.39 is 17.5 Å². The molecule has 3 nitrogen and oxygen atoms in total. The largest absolute Gasteiger partial charge is 0.376 e. The number of nitrogens with one attached hydrogen (secondary N) is 1. The van der Waals surface area contributed by atoms with Crippen molar-refractivity contribution in [2.24, 2.45) is 0 Å². The third-order valence-electron chi connectivity index (χ3n) is 2.92. The first-order valence-electron chi connectivity index (χ1n) is 5.63. The van der Waals surface area contributed by atoms with Crippen LogP contribution >= 0.6 is 0 Å². The molecule has 0 heterocycles. The summed E-state index contributed by atoms with van der Waals surface area (Å²) in [6, 6.07) is 1.92. The highest BCUT2D eigenvalue weighted by molar-refractivity contribution is 5.81. The second kappa shape index (κ2) is 4.88. The Bertz CT molecular complexity index is 451. The minimum atomic E-state index is -1.51. The van der Waals surface area contributed by atoms with Crippen LogP contribution in [0.15, 0.2) is 12.1 Å². The van der Waals surface area contributed by atoms with Crippen LogP contribution < -0.4 is 5.32 Å². The molecule has 1 aromatic rings. The standard InChI is InChI=1S/C12H13F3N2O/c1-17(8-2-3-8)11(18)6-16-7-4-9(13)12(15)10(14)5-7/h4-5,8,16H,2-3,6H2,1H3. The van der Waals surface area contributed by atoms with Crippen molar-refractivity contribution in [1.82, 2.24) is 4.90 Å². The Labute approximate surface area is 103 Å². The number of benzene rings is 1. The molecule has 0 aliphatic heterocycles. The van der Waals surface area contributed by atoms with Crippen LogP contribution in [0.25, 0.3) is 0 Å². The molecule has 1 saturated carbocycles. The van der Waals surface area contributed by atoms with Crippen molar-refractivity contribution in [3.63, 3.8) is 0 Å². The van der Waals surface area contributed by atoms with Crippen LogP contribution in [0.3, 0.4) is 0 Å². The zero-order valence-electron chi connectivity index (χ0n) is 9.84. The van der Waals surface area contributed by atoms with E-state index >= 15 is 0 Å². The lowest BCUT2D eigenvalue weighted by Gasteiger charge is -2.17. The van der Waals surface area contributed by atoms with Gasteiger partial charge in [-0.15, -0.1) is 0 Å². The quantitative estimate of drug-likeness (QED) is 0.839. The number of carbonyl (C=O) groups excluding carboxylic acids is 1. The third kappa shape index (κ3) is 2.75. The molecule has 0 atom stereocenters. The van der Waals surface area contributed by atoms with Gasteiger partial charge in [0, 0.05) is 30.9 Å². The average Bonchev–Trinajstić information content (AvgIpc) is 3.15. The fourth-order valence-electron chi connectivity index (χ4n) is 1.63. The van der Waals surface area contributed by atoms with Gasteiger partial charge in [0.15, 0.2) is 17.5 Å². The van der Waals surface area contributed by atoms with E-state index in [1.54, 1.807) is 11.9 Å². The Balaban J connectivity index is 1.95. The average molecular weight is 258 g/mol. The van der Waals surface area contributed by atoms with Crippen LogP contribution in [0.1, 0.15) is 12.8 Å². The number of amides is 1. The number of hydrogen-bond donors (Lipinski definition) is 1. The molecule has 1 aliphatic carbocycles. The Morgan fingerprint density at radius 1 is 1.33 bits per heavy atom. The predicted molar refractivity (Wildman–Crippen MR) is 60.6 cm³/mol. The van der Waals surface area contributed by atoms with E-state index in [0.29, 0.717) is 0 Å². The van der Waals surface area contributed by atoms with Crippen LogP contribution in [0, 0.1) is 17.5 Å². The van der Waals surface area contributed by atoms with Gasteiger partial charge >= 0.3 is 0 Å². The van der Waals surface area contributed by atoms with Crippen molar-refractivity contribution < 1.29 is 18.0 Å². The molecular formula is C12H13F3N2O. The summed E-state index contributed by atoms with van der Waals surface area (Å²) >= 11 is 0. The first-order valence-corrected chi connectivity index (χ1v) is 5.63. The molecule has 1 aliphatic rings. The number of anilines is 1. The van der Waals surface area contributed by atoms with E-state index in [2.05, 4.69) is 5.32 Å². The molecule has 1 N–H and O–H groups in total. The Morgan fingerprint density at radius 2 is 1.89 bits per heavy atom. The van der Waals surface area contributed by atoms with Crippen LogP contribution in [-0.2, 0) is 4.79 Å². The molecule has 0 radical (unpaired) electrons. The Kier molecular flexibility index (Phi) is 3.45.